The third-order valence-electron chi connectivity index (χ3n) is 3.78. The SMILES string of the molecule is CCN(c1ccc(CNC2CC2)c(C)c1)C(C)C. The second kappa shape index (κ2) is 5.75. The molecule has 0 heterocycles. The summed E-state index contributed by atoms with van der Waals surface area (Å²) in [4.78, 5) is 2.44. The Morgan fingerprint density at radius 1 is 1.33 bits per heavy atom. The van der Waals surface area contributed by atoms with Gasteiger partial charge >= 0.3 is 0 Å². The Bertz CT molecular complexity index is 394. The van der Waals surface area contributed by atoms with Gasteiger partial charge in [-0.05, 0) is 63.8 Å². The molecule has 0 amide bonds. The van der Waals surface area contributed by atoms with Crippen molar-refractivity contribution in [3.63, 3.8) is 0 Å². The van der Waals surface area contributed by atoms with Crippen LogP contribution in [0.3, 0.4) is 0 Å². The number of nitrogens with zero attached hydrogens (tertiary/aromatic N) is 1. The smallest absolute Gasteiger partial charge is 0.0371 e. The number of benzene rings is 1. The molecule has 1 N–H and O–H groups in total. The summed E-state index contributed by atoms with van der Waals surface area (Å²) in [6.07, 6.45) is 2.71. The molecule has 0 aromatic heterocycles. The molecule has 2 nitrogen and oxygen atoms in total. The molecule has 0 saturated heterocycles. The first-order valence-corrected chi connectivity index (χ1v) is 7.21. The lowest BCUT2D eigenvalue weighted by molar-refractivity contribution is 0.683. The van der Waals surface area contributed by atoms with Crippen LogP contribution in [0.15, 0.2) is 18.2 Å². The van der Waals surface area contributed by atoms with Gasteiger partial charge in [-0.25, -0.2) is 0 Å². The maximum Gasteiger partial charge on any atom is 0.0371 e. The van der Waals surface area contributed by atoms with Crippen molar-refractivity contribution in [2.75, 3.05) is 11.4 Å². The highest BCUT2D eigenvalue weighted by Crippen LogP contribution is 2.23. The first-order valence-electron chi connectivity index (χ1n) is 7.21. The van der Waals surface area contributed by atoms with Crippen LogP contribution in [0.1, 0.15) is 44.7 Å². The van der Waals surface area contributed by atoms with E-state index in [4.69, 9.17) is 0 Å². The summed E-state index contributed by atoms with van der Waals surface area (Å²) >= 11 is 0. The lowest BCUT2D eigenvalue weighted by Gasteiger charge is -2.28. The number of rotatable bonds is 6. The van der Waals surface area contributed by atoms with Crippen molar-refractivity contribution < 1.29 is 0 Å². The van der Waals surface area contributed by atoms with Gasteiger partial charge in [0.25, 0.3) is 0 Å². The highest BCUT2D eigenvalue weighted by molar-refractivity contribution is 5.51. The maximum absolute atomic E-state index is 3.59. The van der Waals surface area contributed by atoms with E-state index < -0.39 is 0 Å². The van der Waals surface area contributed by atoms with Crippen LogP contribution < -0.4 is 10.2 Å². The number of hydrogen-bond acceptors (Lipinski definition) is 2. The summed E-state index contributed by atoms with van der Waals surface area (Å²) in [7, 11) is 0. The van der Waals surface area contributed by atoms with E-state index in [1.54, 1.807) is 0 Å². The number of nitrogens with one attached hydrogen (secondary N) is 1. The van der Waals surface area contributed by atoms with Crippen molar-refractivity contribution in [1.82, 2.24) is 5.32 Å². The molecule has 0 atom stereocenters. The van der Waals surface area contributed by atoms with Gasteiger partial charge in [-0.15, -0.1) is 0 Å². The molecule has 1 aromatic carbocycles. The molecule has 1 aromatic rings. The van der Waals surface area contributed by atoms with E-state index in [0.29, 0.717) is 6.04 Å². The molecule has 0 radical (unpaired) electrons. The fourth-order valence-corrected chi connectivity index (χ4v) is 2.44. The Morgan fingerprint density at radius 2 is 2.06 bits per heavy atom. The summed E-state index contributed by atoms with van der Waals surface area (Å²) in [5.74, 6) is 0. The van der Waals surface area contributed by atoms with E-state index in [0.717, 1.165) is 19.1 Å². The lowest BCUT2D eigenvalue weighted by Crippen LogP contribution is -2.30. The molecule has 2 heteroatoms. The van der Waals surface area contributed by atoms with Crippen LogP contribution >= 0.6 is 0 Å². The standard InChI is InChI=1S/C16H26N2/c1-5-18(12(2)3)16-9-6-14(13(4)10-16)11-17-15-7-8-15/h6,9-10,12,15,17H,5,7-8,11H2,1-4H3. The van der Waals surface area contributed by atoms with Gasteiger partial charge in [0.05, 0.1) is 0 Å². The fraction of sp³-hybridized carbons (Fsp3) is 0.625. The summed E-state index contributed by atoms with van der Waals surface area (Å²) in [5, 5.41) is 3.59. The first-order chi connectivity index (χ1) is 8.61. The summed E-state index contributed by atoms with van der Waals surface area (Å²) in [6, 6.07) is 8.22. The summed E-state index contributed by atoms with van der Waals surface area (Å²) < 4.78 is 0. The molecule has 0 spiro atoms. The lowest BCUT2D eigenvalue weighted by atomic mass is 10.1. The van der Waals surface area contributed by atoms with Crippen LogP contribution in [0, 0.1) is 6.92 Å². The molecular formula is C16H26N2. The van der Waals surface area contributed by atoms with Crippen molar-refractivity contribution in [2.45, 2.75) is 59.2 Å². The Kier molecular flexibility index (Phi) is 4.28. The Hall–Kier alpha value is -1.02. The predicted molar refractivity (Wildman–Crippen MR) is 79.2 cm³/mol. The molecular weight excluding hydrogens is 220 g/mol. The van der Waals surface area contributed by atoms with Gasteiger partial charge in [0, 0.05) is 30.9 Å². The summed E-state index contributed by atoms with van der Waals surface area (Å²) in [5.41, 5.74) is 4.19. The second-order valence-electron chi connectivity index (χ2n) is 5.65. The molecule has 1 aliphatic rings. The van der Waals surface area contributed by atoms with Gasteiger partial charge in [-0.2, -0.15) is 0 Å². The first kappa shape index (κ1) is 13.4. The van der Waals surface area contributed by atoms with Crippen LogP contribution in [0.4, 0.5) is 5.69 Å². The average molecular weight is 246 g/mol. The monoisotopic (exact) mass is 246 g/mol. The second-order valence-corrected chi connectivity index (χ2v) is 5.65. The zero-order valence-corrected chi connectivity index (χ0v) is 12.2. The van der Waals surface area contributed by atoms with E-state index in [1.165, 1.54) is 29.7 Å². The number of anilines is 1. The number of aryl methyl sites for hydroxylation is 1. The zero-order valence-electron chi connectivity index (χ0n) is 12.2. The normalized spacial score (nSPS) is 15.2. The molecule has 1 fully saturated rings. The van der Waals surface area contributed by atoms with Gasteiger partial charge in [-0.3, -0.25) is 0 Å². The predicted octanol–water partition coefficient (Wildman–Crippen LogP) is 3.48. The van der Waals surface area contributed by atoms with Crippen LogP contribution in [-0.4, -0.2) is 18.6 Å². The fourth-order valence-electron chi connectivity index (χ4n) is 2.44. The highest BCUT2D eigenvalue weighted by atomic mass is 15.1. The summed E-state index contributed by atoms with van der Waals surface area (Å²) in [6.45, 7) is 11.0. The molecule has 0 aliphatic heterocycles. The van der Waals surface area contributed by atoms with Gasteiger partial charge in [0.1, 0.15) is 0 Å². The van der Waals surface area contributed by atoms with E-state index in [1.807, 2.05) is 0 Å². The minimum atomic E-state index is 0.560. The van der Waals surface area contributed by atoms with Crippen LogP contribution in [0.25, 0.3) is 0 Å². The van der Waals surface area contributed by atoms with E-state index >= 15 is 0 Å². The zero-order chi connectivity index (χ0) is 13.1. The van der Waals surface area contributed by atoms with Crippen molar-refractivity contribution >= 4 is 5.69 Å². The third-order valence-corrected chi connectivity index (χ3v) is 3.78. The average Bonchev–Trinajstić information content (AvgIpc) is 3.12. The molecule has 2 rings (SSSR count). The minimum absolute atomic E-state index is 0.560. The van der Waals surface area contributed by atoms with Crippen molar-refractivity contribution in [1.29, 1.82) is 0 Å². The molecule has 0 bridgehead atoms. The molecule has 1 aliphatic carbocycles. The van der Waals surface area contributed by atoms with Crippen LogP contribution in [-0.2, 0) is 6.54 Å². The molecule has 1 saturated carbocycles. The largest absolute Gasteiger partial charge is 0.369 e. The topological polar surface area (TPSA) is 15.3 Å². The van der Waals surface area contributed by atoms with Crippen molar-refractivity contribution in [2.24, 2.45) is 0 Å². The minimum Gasteiger partial charge on any atom is -0.369 e. The van der Waals surface area contributed by atoms with Crippen LogP contribution in [0.2, 0.25) is 0 Å². The highest BCUT2D eigenvalue weighted by Gasteiger charge is 2.20. The molecule has 18 heavy (non-hydrogen) atoms. The van der Waals surface area contributed by atoms with Gasteiger partial charge < -0.3 is 10.2 Å². The number of hydrogen-bond donors (Lipinski definition) is 1. The Morgan fingerprint density at radius 3 is 2.56 bits per heavy atom. The maximum atomic E-state index is 3.59. The van der Waals surface area contributed by atoms with E-state index in [9.17, 15) is 0 Å². The van der Waals surface area contributed by atoms with Crippen LogP contribution in [0.5, 0.6) is 0 Å². The van der Waals surface area contributed by atoms with Gasteiger partial charge in [0.2, 0.25) is 0 Å². The quantitative estimate of drug-likeness (QED) is 0.826. The third kappa shape index (κ3) is 3.26. The van der Waals surface area contributed by atoms with Gasteiger partial charge in [0.15, 0.2) is 0 Å². The van der Waals surface area contributed by atoms with Crippen molar-refractivity contribution in [3.05, 3.63) is 29.3 Å². The Labute approximate surface area is 111 Å². The van der Waals surface area contributed by atoms with Crippen molar-refractivity contribution in [3.8, 4) is 0 Å². The van der Waals surface area contributed by atoms with E-state index in [2.05, 4.69) is 56.1 Å². The molecule has 100 valence electrons. The van der Waals surface area contributed by atoms with E-state index in [-0.39, 0.29) is 0 Å². The Balaban J connectivity index is 2.07. The molecule has 0 unspecified atom stereocenters. The van der Waals surface area contributed by atoms with Gasteiger partial charge in [-0.1, -0.05) is 6.07 Å².